The monoisotopic (exact) mass is 732 g/mol. The first kappa shape index (κ1) is 32.9. The van der Waals surface area contributed by atoms with Gasteiger partial charge in [-0.3, -0.25) is 0 Å². The molecule has 0 aliphatic heterocycles. The first-order valence-corrected chi connectivity index (χ1v) is 19.3. The Kier molecular flexibility index (Phi) is 7.54. The molecule has 0 bridgehead atoms. The fourth-order valence-electron chi connectivity index (χ4n) is 8.61. The van der Waals surface area contributed by atoms with Gasteiger partial charge in [-0.25, -0.2) is 0 Å². The minimum absolute atomic E-state index is 0.514. The van der Waals surface area contributed by atoms with Gasteiger partial charge in [0.05, 0.1) is 22.1 Å². The van der Waals surface area contributed by atoms with E-state index in [1.165, 1.54) is 43.6 Å². The number of hydrogen-bond donors (Lipinski definition) is 0. The molecule has 3 aromatic heterocycles. The molecule has 0 saturated carbocycles. The van der Waals surface area contributed by atoms with Crippen molar-refractivity contribution in [3.05, 3.63) is 193 Å². The predicted molar refractivity (Wildman–Crippen MR) is 234 cm³/mol. The summed E-state index contributed by atoms with van der Waals surface area (Å²) in [5, 5.41) is 14.0. The molecule has 0 aliphatic carbocycles. The highest BCUT2D eigenvalue weighted by Crippen LogP contribution is 2.36. The van der Waals surface area contributed by atoms with Gasteiger partial charge in [-0.15, -0.1) is 10.2 Å². The van der Waals surface area contributed by atoms with E-state index in [0.29, 0.717) is 11.8 Å². The predicted octanol–water partition coefficient (Wildman–Crippen LogP) is 13.5. The van der Waals surface area contributed by atoms with Crippen LogP contribution in [0.3, 0.4) is 0 Å². The Labute approximate surface area is 329 Å². The van der Waals surface area contributed by atoms with Gasteiger partial charge in [0.2, 0.25) is 11.8 Å². The zero-order valence-electron chi connectivity index (χ0n) is 31.5. The van der Waals surface area contributed by atoms with Crippen LogP contribution in [0.5, 0.6) is 0 Å². The van der Waals surface area contributed by atoms with Crippen LogP contribution in [0.15, 0.2) is 186 Å². The molecule has 3 heterocycles. The summed E-state index contributed by atoms with van der Waals surface area (Å²) in [5.41, 5.74) is 15.7. The lowest BCUT2D eigenvalue weighted by molar-refractivity contribution is 0.584. The third kappa shape index (κ3) is 5.39. The first-order chi connectivity index (χ1) is 28.1. The van der Waals surface area contributed by atoms with Gasteiger partial charge < -0.3 is 13.6 Å². The largest absolute Gasteiger partial charge is 0.416 e. The molecule has 0 atom stereocenters. The van der Waals surface area contributed by atoms with Gasteiger partial charge >= 0.3 is 0 Å². The summed E-state index contributed by atoms with van der Waals surface area (Å²) in [6, 6.07) is 64.9. The molecule has 8 aromatic carbocycles. The number of rotatable bonds is 6. The molecule has 0 N–H and O–H groups in total. The Morgan fingerprint density at radius 1 is 0.351 bits per heavy atom. The van der Waals surface area contributed by atoms with Gasteiger partial charge in [0.25, 0.3) is 0 Å². The van der Waals surface area contributed by atoms with Crippen LogP contribution in [0.4, 0.5) is 0 Å². The van der Waals surface area contributed by atoms with Crippen molar-refractivity contribution in [1.82, 2.24) is 19.3 Å². The normalized spacial score (nSPS) is 11.7. The Morgan fingerprint density at radius 3 is 1.00 bits per heavy atom. The van der Waals surface area contributed by atoms with Crippen LogP contribution >= 0.6 is 0 Å². The van der Waals surface area contributed by atoms with Crippen molar-refractivity contribution < 1.29 is 4.42 Å². The molecule has 0 fully saturated rings. The highest BCUT2D eigenvalue weighted by atomic mass is 16.4. The summed E-state index contributed by atoms with van der Waals surface area (Å²) >= 11 is 0. The van der Waals surface area contributed by atoms with E-state index in [-0.39, 0.29) is 0 Å². The maximum atomic E-state index is 6.34. The van der Waals surface area contributed by atoms with Gasteiger partial charge in [0.1, 0.15) is 0 Å². The van der Waals surface area contributed by atoms with Crippen LogP contribution in [0.25, 0.3) is 100 Å². The Balaban J connectivity index is 0.840. The van der Waals surface area contributed by atoms with E-state index in [4.69, 9.17) is 4.42 Å². The van der Waals surface area contributed by atoms with Crippen LogP contribution in [0.1, 0.15) is 11.1 Å². The molecular formula is C52H36N4O. The molecule has 5 heteroatoms. The molecule has 11 rings (SSSR count). The van der Waals surface area contributed by atoms with E-state index in [0.717, 1.165) is 55.9 Å². The molecule has 57 heavy (non-hydrogen) atoms. The number of para-hydroxylation sites is 4. The summed E-state index contributed by atoms with van der Waals surface area (Å²) < 4.78 is 11.0. The van der Waals surface area contributed by atoms with Crippen molar-refractivity contribution in [1.29, 1.82) is 0 Å². The van der Waals surface area contributed by atoms with Crippen LogP contribution in [-0.4, -0.2) is 19.3 Å². The van der Waals surface area contributed by atoms with E-state index in [9.17, 15) is 0 Å². The molecule has 11 aromatic rings. The second kappa shape index (κ2) is 13.1. The minimum atomic E-state index is 0.514. The molecule has 0 aliphatic rings. The van der Waals surface area contributed by atoms with Crippen LogP contribution in [0, 0.1) is 13.8 Å². The topological polar surface area (TPSA) is 48.8 Å². The maximum absolute atomic E-state index is 6.34. The zero-order chi connectivity index (χ0) is 38.0. The number of benzene rings is 8. The molecular weight excluding hydrogens is 697 g/mol. The van der Waals surface area contributed by atoms with Crippen molar-refractivity contribution in [3.8, 4) is 56.5 Å². The van der Waals surface area contributed by atoms with Gasteiger partial charge in [0, 0.05) is 44.0 Å². The number of hydrogen-bond acceptors (Lipinski definition) is 3. The second-order valence-corrected chi connectivity index (χ2v) is 14.8. The van der Waals surface area contributed by atoms with E-state index in [2.05, 4.69) is 215 Å². The molecule has 5 nitrogen and oxygen atoms in total. The van der Waals surface area contributed by atoms with Gasteiger partial charge in [0.15, 0.2) is 0 Å². The lowest BCUT2D eigenvalue weighted by atomic mass is 9.99. The SMILES string of the molecule is Cc1cc(-c2ccc(-n3c4ccccc4c4ccccc43)cc2)ccc1-c1nnc(-c2ccc(-c3ccc(-n4c5ccccc5c5ccccc54)cc3)cc2C)o1. The average molecular weight is 733 g/mol. The van der Waals surface area contributed by atoms with E-state index >= 15 is 0 Å². The third-order valence-electron chi connectivity index (χ3n) is 11.4. The summed E-state index contributed by atoms with van der Waals surface area (Å²) in [4.78, 5) is 0. The van der Waals surface area contributed by atoms with Crippen molar-refractivity contribution >= 4 is 43.6 Å². The maximum Gasteiger partial charge on any atom is 0.248 e. The van der Waals surface area contributed by atoms with E-state index < -0.39 is 0 Å². The number of fused-ring (bicyclic) bond motifs is 6. The van der Waals surface area contributed by atoms with E-state index in [1.807, 2.05) is 0 Å². The summed E-state index contributed by atoms with van der Waals surface area (Å²) in [7, 11) is 0. The van der Waals surface area contributed by atoms with Crippen LogP contribution in [-0.2, 0) is 0 Å². The van der Waals surface area contributed by atoms with Crippen molar-refractivity contribution in [2.45, 2.75) is 13.8 Å². The van der Waals surface area contributed by atoms with Gasteiger partial charge in [-0.2, -0.15) is 0 Å². The smallest absolute Gasteiger partial charge is 0.248 e. The number of nitrogens with zero attached hydrogens (tertiary/aromatic N) is 4. The zero-order valence-corrected chi connectivity index (χ0v) is 31.5. The van der Waals surface area contributed by atoms with Crippen LogP contribution < -0.4 is 0 Å². The lowest BCUT2D eigenvalue weighted by Crippen LogP contribution is -1.93. The Morgan fingerprint density at radius 2 is 0.667 bits per heavy atom. The summed E-state index contributed by atoms with van der Waals surface area (Å²) in [5.74, 6) is 1.03. The number of aryl methyl sites for hydroxylation is 2. The molecule has 0 radical (unpaired) electrons. The fourth-order valence-corrected chi connectivity index (χ4v) is 8.61. The van der Waals surface area contributed by atoms with E-state index in [1.54, 1.807) is 0 Å². The molecule has 270 valence electrons. The molecule has 0 unspecified atom stereocenters. The van der Waals surface area contributed by atoms with Crippen molar-refractivity contribution in [2.75, 3.05) is 0 Å². The Bertz CT molecular complexity index is 2980. The molecule has 0 amide bonds. The standard InChI is InChI=1S/C52H36N4O/c1-33-31-37(35-19-25-39(26-20-35)55-47-15-7-3-11-43(47)44-12-4-8-16-48(44)55)23-29-41(33)51-53-54-52(57-51)42-30-24-38(32-34(42)2)36-21-27-40(28-22-36)56-49-17-9-5-13-45(49)46-14-6-10-18-50(46)56/h3-32H,1-2H3. The molecule has 0 saturated heterocycles. The highest BCUT2D eigenvalue weighted by molar-refractivity contribution is 6.10. The summed E-state index contributed by atoms with van der Waals surface area (Å²) in [6.45, 7) is 4.20. The third-order valence-corrected chi connectivity index (χ3v) is 11.4. The average Bonchev–Trinajstić information content (AvgIpc) is 3.97. The molecule has 0 spiro atoms. The Hall–Kier alpha value is -7.50. The van der Waals surface area contributed by atoms with Crippen molar-refractivity contribution in [3.63, 3.8) is 0 Å². The van der Waals surface area contributed by atoms with Crippen molar-refractivity contribution in [2.24, 2.45) is 0 Å². The second-order valence-electron chi connectivity index (χ2n) is 14.8. The highest BCUT2D eigenvalue weighted by Gasteiger charge is 2.17. The minimum Gasteiger partial charge on any atom is -0.416 e. The van der Waals surface area contributed by atoms with Gasteiger partial charge in [-0.1, -0.05) is 121 Å². The first-order valence-electron chi connectivity index (χ1n) is 19.3. The van der Waals surface area contributed by atoms with Gasteiger partial charge in [-0.05, 0) is 108 Å². The fraction of sp³-hybridized carbons (Fsp3) is 0.0385. The number of aromatic nitrogens is 4. The quantitative estimate of drug-likeness (QED) is 0.171. The van der Waals surface area contributed by atoms with Crippen LogP contribution in [0.2, 0.25) is 0 Å². The lowest BCUT2D eigenvalue weighted by Gasteiger charge is -2.11. The summed E-state index contributed by atoms with van der Waals surface area (Å²) in [6.07, 6.45) is 0.